The van der Waals surface area contributed by atoms with Gasteiger partial charge in [0.1, 0.15) is 0 Å². The second kappa shape index (κ2) is 5.56. The maximum absolute atomic E-state index is 3.76. The van der Waals surface area contributed by atoms with Crippen molar-refractivity contribution in [2.24, 2.45) is 11.8 Å². The van der Waals surface area contributed by atoms with Crippen LogP contribution in [0.15, 0.2) is 24.3 Å². The third-order valence-corrected chi connectivity index (χ3v) is 4.95. The fraction of sp³-hybridized carbons (Fsp3) is 0.667. The average Bonchev–Trinajstić information content (AvgIpc) is 3.24. The summed E-state index contributed by atoms with van der Waals surface area (Å²) in [5.74, 6) is 2.72. The van der Waals surface area contributed by atoms with E-state index >= 15 is 0 Å². The van der Waals surface area contributed by atoms with Crippen LogP contribution in [0, 0.1) is 11.8 Å². The molecule has 1 N–H and O–H groups in total. The molecule has 1 aromatic rings. The molecule has 0 aromatic heterocycles. The van der Waals surface area contributed by atoms with Crippen LogP contribution in [0.2, 0.25) is 0 Å². The molecule has 0 aliphatic heterocycles. The first-order chi connectivity index (χ1) is 9.22. The SMILES string of the molecule is CC(C)c1ccc(NC2CCCC(C3CC3)C2)cc1. The van der Waals surface area contributed by atoms with E-state index in [1.807, 2.05) is 0 Å². The summed E-state index contributed by atoms with van der Waals surface area (Å²) >= 11 is 0. The molecular formula is C18H27N. The highest BCUT2D eigenvalue weighted by atomic mass is 14.9. The number of hydrogen-bond acceptors (Lipinski definition) is 1. The second-order valence-electron chi connectivity index (χ2n) is 6.88. The summed E-state index contributed by atoms with van der Waals surface area (Å²) in [6.45, 7) is 4.51. The molecule has 0 spiro atoms. The van der Waals surface area contributed by atoms with Gasteiger partial charge in [-0.05, 0) is 61.1 Å². The Hall–Kier alpha value is -0.980. The zero-order valence-corrected chi connectivity index (χ0v) is 12.4. The lowest BCUT2D eigenvalue weighted by Crippen LogP contribution is -2.28. The van der Waals surface area contributed by atoms with Crippen LogP contribution in [0.3, 0.4) is 0 Å². The Morgan fingerprint density at radius 2 is 1.68 bits per heavy atom. The molecule has 2 aliphatic rings. The number of rotatable bonds is 4. The van der Waals surface area contributed by atoms with Crippen molar-refractivity contribution in [1.29, 1.82) is 0 Å². The summed E-state index contributed by atoms with van der Waals surface area (Å²) in [5.41, 5.74) is 2.75. The monoisotopic (exact) mass is 257 g/mol. The molecule has 19 heavy (non-hydrogen) atoms. The van der Waals surface area contributed by atoms with Crippen molar-refractivity contribution in [3.8, 4) is 0 Å². The minimum atomic E-state index is 0.628. The number of benzene rings is 1. The van der Waals surface area contributed by atoms with E-state index in [1.165, 1.54) is 49.8 Å². The lowest BCUT2D eigenvalue weighted by Gasteiger charge is -2.30. The molecule has 0 amide bonds. The molecule has 3 rings (SSSR count). The van der Waals surface area contributed by atoms with Crippen molar-refractivity contribution in [2.45, 2.75) is 64.3 Å². The van der Waals surface area contributed by atoms with Gasteiger partial charge in [-0.25, -0.2) is 0 Å². The normalized spacial score (nSPS) is 27.5. The van der Waals surface area contributed by atoms with Crippen molar-refractivity contribution in [3.05, 3.63) is 29.8 Å². The highest BCUT2D eigenvalue weighted by Gasteiger charge is 2.34. The Labute approximate surface area is 117 Å². The first kappa shape index (κ1) is 13.0. The number of hydrogen-bond donors (Lipinski definition) is 1. The molecule has 2 fully saturated rings. The smallest absolute Gasteiger partial charge is 0.0342 e. The van der Waals surface area contributed by atoms with E-state index in [0.29, 0.717) is 12.0 Å². The van der Waals surface area contributed by atoms with E-state index in [-0.39, 0.29) is 0 Å². The Morgan fingerprint density at radius 3 is 2.32 bits per heavy atom. The van der Waals surface area contributed by atoms with Gasteiger partial charge in [0, 0.05) is 11.7 Å². The topological polar surface area (TPSA) is 12.0 Å². The molecule has 104 valence electrons. The number of anilines is 1. The number of nitrogens with one attached hydrogen (secondary N) is 1. The van der Waals surface area contributed by atoms with Gasteiger partial charge in [0.15, 0.2) is 0 Å². The molecule has 0 heterocycles. The molecule has 1 heteroatoms. The highest BCUT2D eigenvalue weighted by molar-refractivity contribution is 5.46. The van der Waals surface area contributed by atoms with Crippen LogP contribution >= 0.6 is 0 Å². The summed E-state index contributed by atoms with van der Waals surface area (Å²) in [6, 6.07) is 9.78. The summed E-state index contributed by atoms with van der Waals surface area (Å²) in [6.07, 6.45) is 8.66. The van der Waals surface area contributed by atoms with Gasteiger partial charge in [0.2, 0.25) is 0 Å². The molecule has 0 saturated heterocycles. The fourth-order valence-electron chi connectivity index (χ4n) is 3.55. The summed E-state index contributed by atoms with van der Waals surface area (Å²) in [5, 5.41) is 3.76. The van der Waals surface area contributed by atoms with Crippen LogP contribution in [-0.4, -0.2) is 6.04 Å². The third kappa shape index (κ3) is 3.32. The fourth-order valence-corrected chi connectivity index (χ4v) is 3.55. The molecule has 2 unspecified atom stereocenters. The summed E-state index contributed by atoms with van der Waals surface area (Å²) < 4.78 is 0. The molecule has 2 saturated carbocycles. The molecule has 0 radical (unpaired) electrons. The minimum absolute atomic E-state index is 0.628. The Bertz CT molecular complexity index is 402. The van der Waals surface area contributed by atoms with Gasteiger partial charge in [-0.15, -0.1) is 0 Å². The quantitative estimate of drug-likeness (QED) is 0.782. The van der Waals surface area contributed by atoms with E-state index in [0.717, 1.165) is 11.8 Å². The van der Waals surface area contributed by atoms with E-state index < -0.39 is 0 Å². The highest BCUT2D eigenvalue weighted by Crippen LogP contribution is 2.44. The second-order valence-corrected chi connectivity index (χ2v) is 6.88. The van der Waals surface area contributed by atoms with E-state index in [1.54, 1.807) is 0 Å². The zero-order valence-electron chi connectivity index (χ0n) is 12.4. The molecule has 2 aliphatic carbocycles. The van der Waals surface area contributed by atoms with Crippen LogP contribution in [0.5, 0.6) is 0 Å². The first-order valence-electron chi connectivity index (χ1n) is 8.09. The van der Waals surface area contributed by atoms with Crippen LogP contribution in [0.25, 0.3) is 0 Å². The molecule has 1 aromatic carbocycles. The van der Waals surface area contributed by atoms with Gasteiger partial charge in [-0.2, -0.15) is 0 Å². The molecule has 0 bridgehead atoms. The van der Waals surface area contributed by atoms with Crippen LogP contribution in [0.4, 0.5) is 5.69 Å². The van der Waals surface area contributed by atoms with Crippen molar-refractivity contribution in [2.75, 3.05) is 5.32 Å². The third-order valence-electron chi connectivity index (χ3n) is 4.95. The van der Waals surface area contributed by atoms with Crippen molar-refractivity contribution < 1.29 is 0 Å². The largest absolute Gasteiger partial charge is 0.382 e. The molecular weight excluding hydrogens is 230 g/mol. The Kier molecular flexibility index (Phi) is 3.81. The van der Waals surface area contributed by atoms with Gasteiger partial charge in [0.05, 0.1) is 0 Å². The van der Waals surface area contributed by atoms with Crippen molar-refractivity contribution >= 4 is 5.69 Å². The van der Waals surface area contributed by atoms with Gasteiger partial charge in [-0.3, -0.25) is 0 Å². The molecule has 1 nitrogen and oxygen atoms in total. The maximum atomic E-state index is 3.76. The van der Waals surface area contributed by atoms with Crippen LogP contribution < -0.4 is 5.32 Å². The van der Waals surface area contributed by atoms with E-state index in [4.69, 9.17) is 0 Å². The predicted octanol–water partition coefficient (Wildman–Crippen LogP) is 5.19. The van der Waals surface area contributed by atoms with Gasteiger partial charge in [-0.1, -0.05) is 38.8 Å². The van der Waals surface area contributed by atoms with E-state index in [2.05, 4.69) is 43.4 Å². The lowest BCUT2D eigenvalue weighted by atomic mass is 9.82. The standard InChI is InChI=1S/C18H27N/c1-13(2)14-8-10-17(11-9-14)19-18-5-3-4-16(12-18)15-6-7-15/h8-11,13,15-16,18-19H,3-7,12H2,1-2H3. The average molecular weight is 257 g/mol. The minimum Gasteiger partial charge on any atom is -0.382 e. The Balaban J connectivity index is 1.57. The molecule has 2 atom stereocenters. The maximum Gasteiger partial charge on any atom is 0.0342 e. The first-order valence-corrected chi connectivity index (χ1v) is 8.09. The van der Waals surface area contributed by atoms with Crippen molar-refractivity contribution in [3.63, 3.8) is 0 Å². The summed E-state index contributed by atoms with van der Waals surface area (Å²) in [4.78, 5) is 0. The van der Waals surface area contributed by atoms with Gasteiger partial charge >= 0.3 is 0 Å². The van der Waals surface area contributed by atoms with Crippen LogP contribution in [0.1, 0.15) is 63.9 Å². The summed E-state index contributed by atoms with van der Waals surface area (Å²) in [7, 11) is 0. The Morgan fingerprint density at radius 1 is 0.947 bits per heavy atom. The van der Waals surface area contributed by atoms with Crippen LogP contribution in [-0.2, 0) is 0 Å². The van der Waals surface area contributed by atoms with E-state index in [9.17, 15) is 0 Å². The predicted molar refractivity (Wildman–Crippen MR) is 82.6 cm³/mol. The van der Waals surface area contributed by atoms with Crippen molar-refractivity contribution in [1.82, 2.24) is 0 Å². The van der Waals surface area contributed by atoms with Gasteiger partial charge < -0.3 is 5.32 Å². The lowest BCUT2D eigenvalue weighted by molar-refractivity contribution is 0.303. The van der Waals surface area contributed by atoms with Gasteiger partial charge in [0.25, 0.3) is 0 Å². The zero-order chi connectivity index (χ0) is 13.2.